The average Bonchev–Trinajstić information content (AvgIpc) is 3.27. The molecule has 3 heterocycles. The summed E-state index contributed by atoms with van der Waals surface area (Å²) >= 11 is 0. The molecule has 0 aliphatic rings. The first-order valence-corrected chi connectivity index (χ1v) is 9.54. The maximum Gasteiger partial charge on any atom is 0.338 e. The van der Waals surface area contributed by atoms with E-state index in [0.717, 1.165) is 15.9 Å². The van der Waals surface area contributed by atoms with Crippen molar-refractivity contribution in [2.75, 3.05) is 0 Å². The predicted octanol–water partition coefficient (Wildman–Crippen LogP) is 2.68. The van der Waals surface area contributed by atoms with Crippen molar-refractivity contribution in [3.8, 4) is 5.69 Å². The third-order valence-corrected chi connectivity index (χ3v) is 5.01. The fraction of sp³-hybridized carbons (Fsp3) is 0.0435. The Hall–Kier alpha value is -4.46. The number of hydrogen-bond acceptors (Lipinski definition) is 5. The normalized spacial score (nSPS) is 11.1. The number of H-pyrrole nitrogens is 1. The number of nitrogens with zero attached hydrogens (tertiary/aromatic N) is 3. The predicted molar refractivity (Wildman–Crippen MR) is 114 cm³/mol. The van der Waals surface area contributed by atoms with E-state index in [9.17, 15) is 14.4 Å². The first-order valence-electron chi connectivity index (χ1n) is 9.54. The van der Waals surface area contributed by atoms with Crippen molar-refractivity contribution in [3.63, 3.8) is 0 Å². The molecular weight excluding hydrogens is 396 g/mol. The van der Waals surface area contributed by atoms with Crippen LogP contribution in [0.3, 0.4) is 0 Å². The van der Waals surface area contributed by atoms with Gasteiger partial charge in [-0.3, -0.25) is 4.79 Å². The van der Waals surface area contributed by atoms with E-state index >= 15 is 0 Å². The molecule has 8 heteroatoms. The first-order chi connectivity index (χ1) is 15.1. The van der Waals surface area contributed by atoms with Crippen LogP contribution in [0.2, 0.25) is 0 Å². The Bertz CT molecular complexity index is 1550. The zero-order valence-electron chi connectivity index (χ0n) is 16.2. The number of carbonyl (C=O) groups excluding carboxylic acids is 1. The molecule has 0 amide bonds. The summed E-state index contributed by atoms with van der Waals surface area (Å²) in [5.41, 5.74) is 1.45. The number of aromatic amines is 1. The first kappa shape index (κ1) is 18.6. The van der Waals surface area contributed by atoms with Crippen molar-refractivity contribution in [2.24, 2.45) is 0 Å². The monoisotopic (exact) mass is 412 g/mol. The van der Waals surface area contributed by atoms with Crippen LogP contribution in [0.15, 0.2) is 88.7 Å². The third kappa shape index (κ3) is 3.29. The molecule has 0 radical (unpaired) electrons. The molecule has 0 atom stereocenters. The van der Waals surface area contributed by atoms with Crippen molar-refractivity contribution in [1.29, 1.82) is 0 Å². The summed E-state index contributed by atoms with van der Waals surface area (Å²) in [6.07, 6.45) is 3.46. The number of nitrogens with one attached hydrogen (secondary N) is 1. The molecule has 31 heavy (non-hydrogen) atoms. The van der Waals surface area contributed by atoms with E-state index in [0.29, 0.717) is 11.1 Å². The topological polar surface area (TPSA) is 98.5 Å². The Balaban J connectivity index is 1.46. The van der Waals surface area contributed by atoms with E-state index in [-0.39, 0.29) is 17.7 Å². The Morgan fingerprint density at radius 2 is 1.84 bits per heavy atom. The molecule has 3 aromatic heterocycles. The van der Waals surface area contributed by atoms with Gasteiger partial charge in [-0.1, -0.05) is 24.3 Å². The van der Waals surface area contributed by atoms with Gasteiger partial charge in [-0.25, -0.2) is 19.1 Å². The summed E-state index contributed by atoms with van der Waals surface area (Å²) in [6, 6.07) is 18.6. The Labute approximate surface area is 175 Å². The summed E-state index contributed by atoms with van der Waals surface area (Å²) in [5, 5.41) is 0.295. The second-order valence-electron chi connectivity index (χ2n) is 6.92. The van der Waals surface area contributed by atoms with Gasteiger partial charge in [-0.15, -0.1) is 0 Å². The molecule has 0 fully saturated rings. The van der Waals surface area contributed by atoms with E-state index in [1.54, 1.807) is 42.7 Å². The van der Waals surface area contributed by atoms with Crippen LogP contribution >= 0.6 is 0 Å². The molecule has 152 valence electrons. The van der Waals surface area contributed by atoms with E-state index in [2.05, 4.69) is 9.97 Å². The summed E-state index contributed by atoms with van der Waals surface area (Å²) in [7, 11) is 0. The summed E-state index contributed by atoms with van der Waals surface area (Å²) < 4.78 is 8.32. The number of rotatable bonds is 4. The highest BCUT2D eigenvalue weighted by Gasteiger charge is 2.14. The van der Waals surface area contributed by atoms with E-state index in [4.69, 9.17) is 4.74 Å². The lowest BCUT2D eigenvalue weighted by Gasteiger charge is -2.09. The fourth-order valence-electron chi connectivity index (χ4n) is 3.50. The van der Waals surface area contributed by atoms with Crippen molar-refractivity contribution in [1.82, 2.24) is 18.9 Å². The quantitative estimate of drug-likeness (QED) is 0.458. The summed E-state index contributed by atoms with van der Waals surface area (Å²) in [6.45, 7) is 0.0523. The Morgan fingerprint density at radius 1 is 1.00 bits per heavy atom. The van der Waals surface area contributed by atoms with Crippen LogP contribution in [-0.4, -0.2) is 24.9 Å². The number of aromatic nitrogens is 4. The molecule has 2 aromatic carbocycles. The molecule has 5 aromatic rings. The lowest BCUT2D eigenvalue weighted by Crippen LogP contribution is -2.33. The zero-order valence-corrected chi connectivity index (χ0v) is 16.2. The second-order valence-corrected chi connectivity index (χ2v) is 6.92. The van der Waals surface area contributed by atoms with Gasteiger partial charge < -0.3 is 14.1 Å². The number of fused-ring (bicyclic) bond motifs is 2. The minimum atomic E-state index is -0.582. The summed E-state index contributed by atoms with van der Waals surface area (Å²) in [5.74, 6) is -0.563. The van der Waals surface area contributed by atoms with Gasteiger partial charge >= 0.3 is 11.7 Å². The highest BCUT2D eigenvalue weighted by atomic mass is 16.5. The number of carbonyl (C=O) groups is 1. The van der Waals surface area contributed by atoms with Crippen LogP contribution in [0, 0.1) is 0 Å². The van der Waals surface area contributed by atoms with Crippen LogP contribution in [-0.2, 0) is 11.3 Å². The number of esters is 1. The molecule has 5 rings (SSSR count). The smallest absolute Gasteiger partial charge is 0.338 e. The van der Waals surface area contributed by atoms with Gasteiger partial charge in [0.05, 0.1) is 27.8 Å². The number of hydrogen-bond donors (Lipinski definition) is 1. The Kier molecular flexibility index (Phi) is 4.44. The molecule has 0 saturated carbocycles. The van der Waals surface area contributed by atoms with E-state index in [1.165, 1.54) is 18.2 Å². The molecule has 0 unspecified atom stereocenters. The SMILES string of the molecule is O=C(OCc1cccc2nccn12)c1ccc2c(=O)n(-c3ccccc3)c(=O)[nH]c2c1. The molecule has 0 spiro atoms. The average molecular weight is 412 g/mol. The van der Waals surface area contributed by atoms with Crippen LogP contribution in [0.1, 0.15) is 16.1 Å². The molecule has 0 bridgehead atoms. The van der Waals surface area contributed by atoms with Gasteiger partial charge in [0, 0.05) is 12.4 Å². The van der Waals surface area contributed by atoms with Gasteiger partial charge in [0.1, 0.15) is 12.3 Å². The van der Waals surface area contributed by atoms with Crippen molar-refractivity contribution < 1.29 is 9.53 Å². The van der Waals surface area contributed by atoms with Gasteiger partial charge in [-0.2, -0.15) is 0 Å². The molecule has 0 aliphatic carbocycles. The standard InChI is InChI=1S/C23H16N4O4/c28-21-18-10-9-15(13-19(18)25-23(30)27(21)16-5-2-1-3-6-16)22(29)31-14-17-7-4-8-20-24-11-12-26(17)20/h1-13H,14H2,(H,25,30). The highest BCUT2D eigenvalue weighted by Crippen LogP contribution is 2.13. The number of para-hydroxylation sites is 1. The molecule has 0 saturated heterocycles. The van der Waals surface area contributed by atoms with Gasteiger partial charge in [0.25, 0.3) is 5.56 Å². The minimum Gasteiger partial charge on any atom is -0.456 e. The molecule has 8 nitrogen and oxygen atoms in total. The van der Waals surface area contributed by atoms with Gasteiger partial charge in [0.15, 0.2) is 0 Å². The largest absolute Gasteiger partial charge is 0.456 e. The Morgan fingerprint density at radius 3 is 2.68 bits per heavy atom. The van der Waals surface area contributed by atoms with Crippen LogP contribution in [0.25, 0.3) is 22.2 Å². The van der Waals surface area contributed by atoms with Gasteiger partial charge in [-0.05, 0) is 42.5 Å². The maximum absolute atomic E-state index is 12.9. The zero-order chi connectivity index (χ0) is 21.4. The molecular formula is C23H16N4O4. The maximum atomic E-state index is 12.9. The van der Waals surface area contributed by atoms with Crippen LogP contribution < -0.4 is 11.2 Å². The highest BCUT2D eigenvalue weighted by molar-refractivity contribution is 5.94. The summed E-state index contributed by atoms with van der Waals surface area (Å²) in [4.78, 5) is 44.8. The van der Waals surface area contributed by atoms with Crippen LogP contribution in [0.5, 0.6) is 0 Å². The van der Waals surface area contributed by atoms with Crippen LogP contribution in [0.4, 0.5) is 0 Å². The van der Waals surface area contributed by atoms with E-state index < -0.39 is 17.2 Å². The number of pyridine rings is 1. The van der Waals surface area contributed by atoms with Crippen molar-refractivity contribution in [2.45, 2.75) is 6.61 Å². The second kappa shape index (κ2) is 7.42. The van der Waals surface area contributed by atoms with Crippen molar-refractivity contribution in [3.05, 3.63) is 111 Å². The number of ether oxygens (including phenoxy) is 1. The van der Waals surface area contributed by atoms with Crippen molar-refractivity contribution >= 4 is 22.5 Å². The number of benzene rings is 2. The van der Waals surface area contributed by atoms with Gasteiger partial charge in [0.2, 0.25) is 0 Å². The third-order valence-electron chi connectivity index (χ3n) is 5.01. The lowest BCUT2D eigenvalue weighted by molar-refractivity contribution is 0.0466. The molecule has 0 aliphatic heterocycles. The fourth-order valence-corrected chi connectivity index (χ4v) is 3.50. The number of imidazole rings is 1. The van der Waals surface area contributed by atoms with E-state index in [1.807, 2.05) is 22.6 Å². The molecule has 1 N–H and O–H groups in total. The minimum absolute atomic E-state index is 0.0523. The lowest BCUT2D eigenvalue weighted by atomic mass is 10.1.